The SMILES string of the molecule is CC(C)(C)C(CO)NS(=O)(=O)c1ccc(Cl)cc1. The molecule has 2 N–H and O–H groups in total. The lowest BCUT2D eigenvalue weighted by atomic mass is 9.88. The van der Waals surface area contributed by atoms with E-state index in [1.165, 1.54) is 24.3 Å². The standard InChI is InChI=1S/C12H18ClNO3S/c1-12(2,3)11(8-15)14-18(16,17)10-6-4-9(13)5-7-10/h4-7,11,14-15H,8H2,1-3H3. The topological polar surface area (TPSA) is 66.4 Å². The first-order chi connectivity index (χ1) is 8.16. The Kier molecular flexibility index (Phi) is 4.78. The first-order valence-corrected chi connectivity index (χ1v) is 7.41. The summed E-state index contributed by atoms with van der Waals surface area (Å²) in [6, 6.07) is 5.35. The molecule has 1 atom stereocenters. The summed E-state index contributed by atoms with van der Waals surface area (Å²) >= 11 is 5.71. The summed E-state index contributed by atoms with van der Waals surface area (Å²) in [4.78, 5) is 0.134. The van der Waals surface area contributed by atoms with Crippen LogP contribution in [0.15, 0.2) is 29.2 Å². The zero-order valence-electron chi connectivity index (χ0n) is 10.6. The first-order valence-electron chi connectivity index (χ1n) is 5.55. The van der Waals surface area contributed by atoms with Gasteiger partial charge in [-0.05, 0) is 29.7 Å². The van der Waals surface area contributed by atoms with E-state index in [9.17, 15) is 13.5 Å². The lowest BCUT2D eigenvalue weighted by Gasteiger charge is -2.29. The van der Waals surface area contributed by atoms with E-state index < -0.39 is 16.1 Å². The van der Waals surface area contributed by atoms with Crippen LogP contribution < -0.4 is 4.72 Å². The number of hydrogen-bond donors (Lipinski definition) is 2. The quantitative estimate of drug-likeness (QED) is 0.892. The highest BCUT2D eigenvalue weighted by atomic mass is 35.5. The maximum Gasteiger partial charge on any atom is 0.240 e. The summed E-state index contributed by atoms with van der Waals surface area (Å²) in [6.45, 7) is 5.32. The number of halogens is 1. The average Bonchev–Trinajstić information content (AvgIpc) is 2.25. The Labute approximate surface area is 113 Å². The van der Waals surface area contributed by atoms with E-state index in [0.29, 0.717) is 5.02 Å². The van der Waals surface area contributed by atoms with Crippen molar-refractivity contribution in [3.8, 4) is 0 Å². The van der Waals surface area contributed by atoms with Gasteiger partial charge in [-0.1, -0.05) is 32.4 Å². The molecule has 0 aromatic heterocycles. The van der Waals surface area contributed by atoms with E-state index in [0.717, 1.165) is 0 Å². The van der Waals surface area contributed by atoms with Crippen molar-refractivity contribution in [3.05, 3.63) is 29.3 Å². The highest BCUT2D eigenvalue weighted by molar-refractivity contribution is 7.89. The van der Waals surface area contributed by atoms with E-state index in [1.54, 1.807) is 0 Å². The maximum atomic E-state index is 12.1. The number of hydrogen-bond acceptors (Lipinski definition) is 3. The van der Waals surface area contributed by atoms with Crippen LogP contribution in [0.4, 0.5) is 0 Å². The van der Waals surface area contributed by atoms with Crippen molar-refractivity contribution in [2.24, 2.45) is 5.41 Å². The van der Waals surface area contributed by atoms with Gasteiger partial charge in [-0.25, -0.2) is 13.1 Å². The van der Waals surface area contributed by atoms with Gasteiger partial charge in [-0.3, -0.25) is 0 Å². The van der Waals surface area contributed by atoms with Crippen LogP contribution in [-0.4, -0.2) is 26.2 Å². The van der Waals surface area contributed by atoms with Gasteiger partial charge in [0.05, 0.1) is 11.5 Å². The largest absolute Gasteiger partial charge is 0.395 e. The molecule has 0 aliphatic carbocycles. The van der Waals surface area contributed by atoms with Crippen molar-refractivity contribution < 1.29 is 13.5 Å². The fourth-order valence-electron chi connectivity index (χ4n) is 1.36. The molecular weight excluding hydrogens is 274 g/mol. The van der Waals surface area contributed by atoms with Crippen LogP contribution in [0.1, 0.15) is 20.8 Å². The Bertz CT molecular complexity index is 491. The number of sulfonamides is 1. The average molecular weight is 292 g/mol. The Hall–Kier alpha value is -0.620. The minimum absolute atomic E-state index is 0.134. The van der Waals surface area contributed by atoms with Crippen LogP contribution in [0, 0.1) is 5.41 Å². The number of aliphatic hydroxyl groups excluding tert-OH is 1. The Morgan fingerprint density at radius 1 is 1.28 bits per heavy atom. The van der Waals surface area contributed by atoms with Gasteiger partial charge < -0.3 is 5.11 Å². The van der Waals surface area contributed by atoms with Crippen molar-refractivity contribution in [2.75, 3.05) is 6.61 Å². The molecule has 18 heavy (non-hydrogen) atoms. The summed E-state index contributed by atoms with van der Waals surface area (Å²) in [6.07, 6.45) is 0. The molecule has 1 unspecified atom stereocenters. The first kappa shape index (κ1) is 15.4. The molecule has 1 aromatic rings. The van der Waals surface area contributed by atoms with Crippen molar-refractivity contribution in [3.63, 3.8) is 0 Å². The normalized spacial score (nSPS) is 14.5. The molecule has 1 aromatic carbocycles. The summed E-state index contributed by atoms with van der Waals surface area (Å²) in [5.74, 6) is 0. The van der Waals surface area contributed by atoms with Crippen LogP contribution in [-0.2, 0) is 10.0 Å². The van der Waals surface area contributed by atoms with Gasteiger partial charge in [0.25, 0.3) is 0 Å². The zero-order chi connectivity index (χ0) is 14.0. The molecule has 0 radical (unpaired) electrons. The second kappa shape index (κ2) is 5.57. The van der Waals surface area contributed by atoms with E-state index in [1.807, 2.05) is 20.8 Å². The Balaban J connectivity index is 2.98. The second-order valence-electron chi connectivity index (χ2n) is 5.18. The van der Waals surface area contributed by atoms with Crippen molar-refractivity contribution in [1.29, 1.82) is 0 Å². The minimum atomic E-state index is -3.64. The van der Waals surface area contributed by atoms with Gasteiger partial charge in [-0.2, -0.15) is 0 Å². The predicted molar refractivity (Wildman–Crippen MR) is 72.1 cm³/mol. The van der Waals surface area contributed by atoms with Crippen LogP contribution in [0.3, 0.4) is 0 Å². The Morgan fingerprint density at radius 3 is 2.17 bits per heavy atom. The fourth-order valence-corrected chi connectivity index (χ4v) is 2.92. The zero-order valence-corrected chi connectivity index (χ0v) is 12.2. The summed E-state index contributed by atoms with van der Waals surface area (Å²) < 4.78 is 26.7. The molecule has 102 valence electrons. The number of nitrogens with one attached hydrogen (secondary N) is 1. The van der Waals surface area contributed by atoms with E-state index in [2.05, 4.69) is 4.72 Å². The van der Waals surface area contributed by atoms with Gasteiger partial charge in [0.1, 0.15) is 0 Å². The maximum absolute atomic E-state index is 12.1. The van der Waals surface area contributed by atoms with E-state index in [4.69, 9.17) is 11.6 Å². The predicted octanol–water partition coefficient (Wildman–Crippen LogP) is 2.03. The minimum Gasteiger partial charge on any atom is -0.395 e. The van der Waals surface area contributed by atoms with E-state index >= 15 is 0 Å². The number of rotatable bonds is 4. The number of benzene rings is 1. The lowest BCUT2D eigenvalue weighted by molar-refractivity contribution is 0.177. The molecule has 4 nitrogen and oxygen atoms in total. The molecule has 0 aliphatic rings. The van der Waals surface area contributed by atoms with E-state index in [-0.39, 0.29) is 16.9 Å². The van der Waals surface area contributed by atoms with Gasteiger partial charge in [0, 0.05) is 11.1 Å². The van der Waals surface area contributed by atoms with Gasteiger partial charge in [-0.15, -0.1) is 0 Å². The third-order valence-electron chi connectivity index (χ3n) is 2.65. The van der Waals surface area contributed by atoms with Gasteiger partial charge >= 0.3 is 0 Å². The molecule has 0 spiro atoms. The van der Waals surface area contributed by atoms with Crippen LogP contribution in [0.25, 0.3) is 0 Å². The highest BCUT2D eigenvalue weighted by Gasteiger charge is 2.28. The molecular formula is C12H18ClNO3S. The monoisotopic (exact) mass is 291 g/mol. The van der Waals surface area contributed by atoms with Crippen LogP contribution >= 0.6 is 11.6 Å². The summed E-state index contributed by atoms with van der Waals surface area (Å²) in [5, 5.41) is 9.74. The lowest BCUT2D eigenvalue weighted by Crippen LogP contribution is -2.46. The third kappa shape index (κ3) is 3.95. The van der Waals surface area contributed by atoms with Crippen molar-refractivity contribution >= 4 is 21.6 Å². The molecule has 0 amide bonds. The number of aliphatic hydroxyl groups is 1. The van der Waals surface area contributed by atoms with Gasteiger partial charge in [0.15, 0.2) is 0 Å². The molecule has 0 heterocycles. The molecule has 0 saturated heterocycles. The van der Waals surface area contributed by atoms with Crippen LogP contribution in [0.2, 0.25) is 5.02 Å². The van der Waals surface area contributed by atoms with Crippen molar-refractivity contribution in [2.45, 2.75) is 31.7 Å². The molecule has 6 heteroatoms. The van der Waals surface area contributed by atoms with Gasteiger partial charge in [0.2, 0.25) is 10.0 Å². The smallest absolute Gasteiger partial charge is 0.240 e. The fraction of sp³-hybridized carbons (Fsp3) is 0.500. The van der Waals surface area contributed by atoms with Crippen molar-refractivity contribution in [1.82, 2.24) is 4.72 Å². The second-order valence-corrected chi connectivity index (χ2v) is 7.33. The molecule has 0 saturated carbocycles. The Morgan fingerprint density at radius 2 is 1.78 bits per heavy atom. The van der Waals surface area contributed by atoms with Crippen LogP contribution in [0.5, 0.6) is 0 Å². The molecule has 1 rings (SSSR count). The summed E-state index contributed by atoms with van der Waals surface area (Å²) in [7, 11) is -3.64. The molecule has 0 bridgehead atoms. The molecule has 0 fully saturated rings. The summed E-state index contributed by atoms with van der Waals surface area (Å²) in [5.41, 5.74) is -0.367. The highest BCUT2D eigenvalue weighted by Crippen LogP contribution is 2.21. The molecule has 0 aliphatic heterocycles. The third-order valence-corrected chi connectivity index (χ3v) is 4.39.